The van der Waals surface area contributed by atoms with Crippen LogP contribution in [0.25, 0.3) is 0 Å². The van der Waals surface area contributed by atoms with E-state index in [1.165, 1.54) is 21.3 Å². The Hall–Kier alpha value is -2.48. The largest absolute Gasteiger partial charge is 0.493 e. The van der Waals surface area contributed by atoms with E-state index in [9.17, 15) is 9.59 Å². The highest BCUT2D eigenvalue weighted by molar-refractivity contribution is 6.02. The minimum Gasteiger partial charge on any atom is -0.493 e. The molecule has 24 heavy (non-hydrogen) atoms. The number of ether oxygens (including phenoxy) is 3. The standard InChI is InChI=1S/C16H23N3O5/c1-22-12-8-11(9-13(23-2)14(12)24-3)18-16(21)19-15(20)10-4-6-17-7-5-10/h8-10,17H,4-7H2,1-3H3,(H2,18,19,20,21). The number of nitrogens with one attached hydrogen (secondary N) is 3. The van der Waals surface area contributed by atoms with Gasteiger partial charge >= 0.3 is 6.03 Å². The second-order valence-electron chi connectivity index (χ2n) is 5.38. The maximum Gasteiger partial charge on any atom is 0.325 e. The summed E-state index contributed by atoms with van der Waals surface area (Å²) in [5.41, 5.74) is 0.431. The summed E-state index contributed by atoms with van der Waals surface area (Å²) in [4.78, 5) is 24.1. The Morgan fingerprint density at radius 1 is 1.04 bits per heavy atom. The highest BCUT2D eigenvalue weighted by atomic mass is 16.5. The van der Waals surface area contributed by atoms with Crippen LogP contribution in [-0.4, -0.2) is 46.4 Å². The molecule has 1 aliphatic heterocycles. The van der Waals surface area contributed by atoms with E-state index in [-0.39, 0.29) is 11.8 Å². The lowest BCUT2D eigenvalue weighted by Gasteiger charge is -2.21. The Kier molecular flexibility index (Phi) is 6.25. The molecule has 132 valence electrons. The fourth-order valence-electron chi connectivity index (χ4n) is 2.61. The summed E-state index contributed by atoms with van der Waals surface area (Å²) >= 11 is 0. The monoisotopic (exact) mass is 337 g/mol. The molecule has 8 heteroatoms. The van der Waals surface area contributed by atoms with E-state index >= 15 is 0 Å². The molecular weight excluding hydrogens is 314 g/mol. The van der Waals surface area contributed by atoms with Crippen molar-refractivity contribution in [1.82, 2.24) is 10.6 Å². The first-order valence-electron chi connectivity index (χ1n) is 7.71. The number of rotatable bonds is 5. The number of carbonyl (C=O) groups is 2. The molecule has 3 amide bonds. The molecule has 1 saturated heterocycles. The smallest absolute Gasteiger partial charge is 0.325 e. The van der Waals surface area contributed by atoms with Gasteiger partial charge in [-0.3, -0.25) is 10.1 Å². The van der Waals surface area contributed by atoms with E-state index in [0.717, 1.165) is 25.9 Å². The highest BCUT2D eigenvalue weighted by Gasteiger charge is 2.23. The predicted molar refractivity (Wildman–Crippen MR) is 88.9 cm³/mol. The molecule has 8 nitrogen and oxygen atoms in total. The number of benzene rings is 1. The van der Waals surface area contributed by atoms with Gasteiger partial charge < -0.3 is 24.8 Å². The maximum absolute atomic E-state index is 12.1. The lowest BCUT2D eigenvalue weighted by atomic mass is 9.97. The summed E-state index contributed by atoms with van der Waals surface area (Å²) in [5, 5.41) is 8.16. The molecule has 2 rings (SSSR count). The molecule has 1 fully saturated rings. The van der Waals surface area contributed by atoms with Gasteiger partial charge in [0.25, 0.3) is 0 Å². The third-order valence-corrected chi connectivity index (χ3v) is 3.87. The van der Waals surface area contributed by atoms with Crippen molar-refractivity contribution in [3.8, 4) is 17.2 Å². The Morgan fingerprint density at radius 2 is 1.62 bits per heavy atom. The Labute approximate surface area is 140 Å². The van der Waals surface area contributed by atoms with Crippen molar-refractivity contribution in [3.05, 3.63) is 12.1 Å². The van der Waals surface area contributed by atoms with Gasteiger partial charge in [-0.25, -0.2) is 4.79 Å². The normalized spacial score (nSPS) is 14.6. The maximum atomic E-state index is 12.1. The molecule has 0 saturated carbocycles. The fourth-order valence-corrected chi connectivity index (χ4v) is 2.61. The highest BCUT2D eigenvalue weighted by Crippen LogP contribution is 2.39. The molecule has 1 aliphatic rings. The summed E-state index contributed by atoms with van der Waals surface area (Å²) in [7, 11) is 4.47. The second-order valence-corrected chi connectivity index (χ2v) is 5.38. The molecule has 3 N–H and O–H groups in total. The molecule has 0 atom stereocenters. The van der Waals surface area contributed by atoms with Gasteiger partial charge in [-0.15, -0.1) is 0 Å². The molecule has 0 unspecified atom stereocenters. The molecule has 1 aromatic carbocycles. The minimum atomic E-state index is -0.590. The molecular formula is C16H23N3O5. The van der Waals surface area contributed by atoms with Crippen LogP contribution in [0.1, 0.15) is 12.8 Å². The number of carbonyl (C=O) groups excluding carboxylic acids is 2. The van der Waals surface area contributed by atoms with E-state index in [1.807, 2.05) is 0 Å². The molecule has 1 heterocycles. The first-order valence-corrected chi connectivity index (χ1v) is 7.71. The van der Waals surface area contributed by atoms with Crippen LogP contribution in [0.3, 0.4) is 0 Å². The zero-order valence-corrected chi connectivity index (χ0v) is 14.1. The molecule has 0 spiro atoms. The van der Waals surface area contributed by atoms with Crippen LogP contribution in [0.5, 0.6) is 17.2 Å². The van der Waals surface area contributed by atoms with Crippen LogP contribution < -0.4 is 30.2 Å². The lowest BCUT2D eigenvalue weighted by Crippen LogP contribution is -2.42. The van der Waals surface area contributed by atoms with Gasteiger partial charge in [-0.2, -0.15) is 0 Å². The average Bonchev–Trinajstić information content (AvgIpc) is 2.61. The number of hydrogen-bond donors (Lipinski definition) is 3. The second kappa shape index (κ2) is 8.39. The zero-order valence-electron chi connectivity index (χ0n) is 14.1. The van der Waals surface area contributed by atoms with Crippen LogP contribution in [-0.2, 0) is 4.79 Å². The number of urea groups is 1. The van der Waals surface area contributed by atoms with Gasteiger partial charge in [0.1, 0.15) is 0 Å². The number of methoxy groups -OCH3 is 3. The van der Waals surface area contributed by atoms with Crippen molar-refractivity contribution in [3.63, 3.8) is 0 Å². The molecule has 0 radical (unpaired) electrons. The van der Waals surface area contributed by atoms with Crippen LogP contribution in [0.15, 0.2) is 12.1 Å². The third kappa shape index (κ3) is 4.29. The third-order valence-electron chi connectivity index (χ3n) is 3.87. The van der Waals surface area contributed by atoms with E-state index in [1.54, 1.807) is 12.1 Å². The van der Waals surface area contributed by atoms with Crippen LogP contribution >= 0.6 is 0 Å². The summed E-state index contributed by atoms with van der Waals surface area (Å²) in [6.07, 6.45) is 1.45. The van der Waals surface area contributed by atoms with Gasteiger partial charge in [0.2, 0.25) is 11.7 Å². The van der Waals surface area contributed by atoms with Crippen molar-refractivity contribution in [2.24, 2.45) is 5.92 Å². The number of hydrogen-bond acceptors (Lipinski definition) is 6. The van der Waals surface area contributed by atoms with Crippen LogP contribution in [0.2, 0.25) is 0 Å². The minimum absolute atomic E-state index is 0.142. The number of anilines is 1. The van der Waals surface area contributed by atoms with Crippen LogP contribution in [0, 0.1) is 5.92 Å². The summed E-state index contributed by atoms with van der Waals surface area (Å²) < 4.78 is 15.7. The SMILES string of the molecule is COc1cc(NC(=O)NC(=O)C2CCNCC2)cc(OC)c1OC. The average molecular weight is 337 g/mol. The van der Waals surface area contributed by atoms with Crippen molar-refractivity contribution >= 4 is 17.6 Å². The van der Waals surface area contributed by atoms with Crippen molar-refractivity contribution in [1.29, 1.82) is 0 Å². The van der Waals surface area contributed by atoms with Crippen LogP contribution in [0.4, 0.5) is 10.5 Å². The van der Waals surface area contributed by atoms with Crippen molar-refractivity contribution in [2.75, 3.05) is 39.7 Å². The van der Waals surface area contributed by atoms with Gasteiger partial charge in [0.15, 0.2) is 11.5 Å². The van der Waals surface area contributed by atoms with E-state index in [2.05, 4.69) is 16.0 Å². The zero-order chi connectivity index (χ0) is 17.5. The molecule has 0 bridgehead atoms. The van der Waals surface area contributed by atoms with Crippen molar-refractivity contribution < 1.29 is 23.8 Å². The molecule has 0 aliphatic carbocycles. The summed E-state index contributed by atoms with van der Waals surface area (Å²) in [6.45, 7) is 1.57. The predicted octanol–water partition coefficient (Wildman–Crippen LogP) is 1.36. The van der Waals surface area contributed by atoms with E-state index in [0.29, 0.717) is 22.9 Å². The number of imide groups is 1. The lowest BCUT2D eigenvalue weighted by molar-refractivity contribution is -0.124. The topological polar surface area (TPSA) is 97.9 Å². The fraction of sp³-hybridized carbons (Fsp3) is 0.500. The summed E-state index contributed by atoms with van der Waals surface area (Å²) in [6, 6.07) is 2.60. The van der Waals surface area contributed by atoms with Gasteiger partial charge in [-0.1, -0.05) is 0 Å². The van der Waals surface area contributed by atoms with Crippen molar-refractivity contribution in [2.45, 2.75) is 12.8 Å². The van der Waals surface area contributed by atoms with Gasteiger partial charge in [0.05, 0.1) is 27.0 Å². The summed E-state index contributed by atoms with van der Waals surface area (Å²) in [5.74, 6) is 0.851. The Balaban J connectivity index is 2.04. The number of amides is 3. The Bertz CT molecular complexity index is 574. The molecule has 0 aromatic heterocycles. The Morgan fingerprint density at radius 3 is 2.12 bits per heavy atom. The van der Waals surface area contributed by atoms with Gasteiger partial charge in [0, 0.05) is 18.1 Å². The molecule has 1 aromatic rings. The van der Waals surface area contributed by atoms with E-state index in [4.69, 9.17) is 14.2 Å². The first-order chi connectivity index (χ1) is 11.6. The quantitative estimate of drug-likeness (QED) is 0.750. The first kappa shape index (κ1) is 17.9. The van der Waals surface area contributed by atoms with E-state index < -0.39 is 6.03 Å². The van der Waals surface area contributed by atoms with Gasteiger partial charge in [-0.05, 0) is 25.9 Å². The number of piperidine rings is 1.